The van der Waals surface area contributed by atoms with Crippen LogP contribution in [0.15, 0.2) is 54.6 Å². The number of fused-ring (bicyclic) bond motifs is 1. The number of hydrogen-bond acceptors (Lipinski definition) is 5. The highest BCUT2D eigenvalue weighted by atomic mass is 32.2. The standard InChI is InChI=1S/C16H17NO4S/c1-22(18,19)20-12-14-11-17(13-7-3-2-4-8-13)15-9-5-6-10-16(15)21-14/h2-10,14H,11-12H2,1H3. The van der Waals surface area contributed by atoms with Gasteiger partial charge in [-0.25, -0.2) is 0 Å². The zero-order valence-corrected chi connectivity index (χ0v) is 13.0. The molecule has 1 aliphatic rings. The fourth-order valence-corrected chi connectivity index (χ4v) is 2.84. The van der Waals surface area contributed by atoms with Crippen molar-refractivity contribution in [2.45, 2.75) is 6.10 Å². The van der Waals surface area contributed by atoms with E-state index in [0.717, 1.165) is 23.4 Å². The fourth-order valence-electron chi connectivity index (χ4n) is 2.44. The van der Waals surface area contributed by atoms with Gasteiger partial charge in [0, 0.05) is 5.69 Å². The molecule has 22 heavy (non-hydrogen) atoms. The zero-order chi connectivity index (χ0) is 15.6. The number of rotatable bonds is 4. The van der Waals surface area contributed by atoms with Crippen molar-refractivity contribution in [3.8, 4) is 5.75 Å². The Morgan fingerprint density at radius 3 is 2.55 bits per heavy atom. The smallest absolute Gasteiger partial charge is 0.264 e. The molecule has 0 bridgehead atoms. The van der Waals surface area contributed by atoms with E-state index >= 15 is 0 Å². The summed E-state index contributed by atoms with van der Waals surface area (Å²) in [4.78, 5) is 2.11. The maximum absolute atomic E-state index is 11.2. The van der Waals surface area contributed by atoms with Crippen LogP contribution in [0, 0.1) is 0 Å². The molecule has 0 spiro atoms. The second-order valence-electron chi connectivity index (χ2n) is 5.14. The highest BCUT2D eigenvalue weighted by molar-refractivity contribution is 7.85. The van der Waals surface area contributed by atoms with E-state index in [2.05, 4.69) is 4.90 Å². The minimum absolute atomic E-state index is 0.00347. The molecule has 0 aromatic heterocycles. The first-order chi connectivity index (χ1) is 10.5. The van der Waals surface area contributed by atoms with Crippen LogP contribution in [0.5, 0.6) is 5.75 Å². The predicted molar refractivity (Wildman–Crippen MR) is 85.1 cm³/mol. The summed E-state index contributed by atoms with van der Waals surface area (Å²) in [5.41, 5.74) is 1.99. The van der Waals surface area contributed by atoms with E-state index in [1.807, 2.05) is 54.6 Å². The average molecular weight is 319 g/mol. The first-order valence-electron chi connectivity index (χ1n) is 6.95. The van der Waals surface area contributed by atoms with Crippen molar-refractivity contribution < 1.29 is 17.3 Å². The lowest BCUT2D eigenvalue weighted by Gasteiger charge is -2.36. The molecular weight excluding hydrogens is 302 g/mol. The Morgan fingerprint density at radius 2 is 1.82 bits per heavy atom. The van der Waals surface area contributed by atoms with E-state index in [0.29, 0.717) is 6.54 Å². The summed E-state index contributed by atoms with van der Waals surface area (Å²) in [6.07, 6.45) is 0.684. The maximum Gasteiger partial charge on any atom is 0.264 e. The van der Waals surface area contributed by atoms with Crippen LogP contribution in [0.3, 0.4) is 0 Å². The van der Waals surface area contributed by atoms with Crippen molar-refractivity contribution in [1.29, 1.82) is 0 Å². The molecule has 2 aromatic rings. The van der Waals surface area contributed by atoms with E-state index in [-0.39, 0.29) is 12.7 Å². The van der Waals surface area contributed by atoms with Gasteiger partial charge in [0.25, 0.3) is 10.1 Å². The van der Waals surface area contributed by atoms with Gasteiger partial charge < -0.3 is 9.64 Å². The normalized spacial score (nSPS) is 17.7. The van der Waals surface area contributed by atoms with Crippen molar-refractivity contribution in [3.05, 3.63) is 54.6 Å². The SMILES string of the molecule is CS(=O)(=O)OCC1CN(c2ccccc2)c2ccccc2O1. The molecule has 0 saturated heterocycles. The van der Waals surface area contributed by atoms with E-state index in [1.54, 1.807) is 0 Å². The Balaban J connectivity index is 1.88. The Bertz CT molecular complexity index is 746. The molecule has 6 heteroatoms. The van der Waals surface area contributed by atoms with E-state index in [1.165, 1.54) is 0 Å². The van der Waals surface area contributed by atoms with Crippen LogP contribution in [-0.2, 0) is 14.3 Å². The Morgan fingerprint density at radius 1 is 1.14 bits per heavy atom. The van der Waals surface area contributed by atoms with Gasteiger partial charge in [0.1, 0.15) is 18.5 Å². The molecule has 2 aromatic carbocycles. The maximum atomic E-state index is 11.2. The monoisotopic (exact) mass is 319 g/mol. The van der Waals surface area contributed by atoms with Gasteiger partial charge in [-0.05, 0) is 24.3 Å². The van der Waals surface area contributed by atoms with Crippen molar-refractivity contribution in [3.63, 3.8) is 0 Å². The minimum Gasteiger partial charge on any atom is -0.484 e. The molecule has 0 amide bonds. The Kier molecular flexibility index (Phi) is 4.04. The van der Waals surface area contributed by atoms with Gasteiger partial charge in [0.15, 0.2) is 0 Å². The molecule has 0 N–H and O–H groups in total. The van der Waals surface area contributed by atoms with Gasteiger partial charge in [-0.15, -0.1) is 0 Å². The second-order valence-corrected chi connectivity index (χ2v) is 6.79. The zero-order valence-electron chi connectivity index (χ0n) is 12.2. The lowest BCUT2D eigenvalue weighted by atomic mass is 10.1. The van der Waals surface area contributed by atoms with E-state index in [9.17, 15) is 8.42 Å². The second kappa shape index (κ2) is 5.98. The third-order valence-corrected chi connectivity index (χ3v) is 3.94. The van der Waals surface area contributed by atoms with E-state index in [4.69, 9.17) is 8.92 Å². The number of anilines is 2. The molecule has 1 unspecified atom stereocenters. The number of hydrogen-bond donors (Lipinski definition) is 0. The summed E-state index contributed by atoms with van der Waals surface area (Å²) in [5.74, 6) is 0.722. The Hall–Kier alpha value is -2.05. The summed E-state index contributed by atoms with van der Waals surface area (Å²) < 4.78 is 33.1. The van der Waals surface area contributed by atoms with Crippen LogP contribution in [0.25, 0.3) is 0 Å². The molecular formula is C16H17NO4S. The largest absolute Gasteiger partial charge is 0.484 e. The number of nitrogens with zero attached hydrogens (tertiary/aromatic N) is 1. The first kappa shape index (κ1) is 14.9. The van der Waals surface area contributed by atoms with Crippen LogP contribution in [0.1, 0.15) is 0 Å². The summed E-state index contributed by atoms with van der Waals surface area (Å²) >= 11 is 0. The van der Waals surface area contributed by atoms with Gasteiger partial charge in [-0.1, -0.05) is 30.3 Å². The van der Waals surface area contributed by atoms with Gasteiger partial charge >= 0.3 is 0 Å². The lowest BCUT2D eigenvalue weighted by molar-refractivity contribution is 0.131. The van der Waals surface area contributed by atoms with Crippen molar-refractivity contribution >= 4 is 21.5 Å². The number of para-hydroxylation sites is 3. The van der Waals surface area contributed by atoms with Crippen molar-refractivity contribution in [2.75, 3.05) is 24.3 Å². The van der Waals surface area contributed by atoms with Gasteiger partial charge in [0.05, 0.1) is 18.5 Å². The molecule has 0 radical (unpaired) electrons. The molecule has 0 fully saturated rings. The number of ether oxygens (including phenoxy) is 1. The van der Waals surface area contributed by atoms with Gasteiger partial charge in [0.2, 0.25) is 0 Å². The average Bonchev–Trinajstić information content (AvgIpc) is 2.52. The predicted octanol–water partition coefficient (Wildman–Crippen LogP) is 2.56. The van der Waals surface area contributed by atoms with Gasteiger partial charge in [-0.3, -0.25) is 4.18 Å². The third-order valence-electron chi connectivity index (χ3n) is 3.37. The summed E-state index contributed by atoms with van der Waals surface area (Å²) in [6, 6.07) is 17.6. The van der Waals surface area contributed by atoms with Crippen LogP contribution < -0.4 is 9.64 Å². The fraction of sp³-hybridized carbons (Fsp3) is 0.250. The molecule has 116 valence electrons. The Labute approximate surface area is 130 Å². The molecule has 1 aliphatic heterocycles. The van der Waals surface area contributed by atoms with Crippen LogP contribution in [0.2, 0.25) is 0 Å². The topological polar surface area (TPSA) is 55.8 Å². The first-order valence-corrected chi connectivity index (χ1v) is 8.77. The summed E-state index contributed by atoms with van der Waals surface area (Å²) in [6.45, 7) is 0.521. The van der Waals surface area contributed by atoms with E-state index < -0.39 is 10.1 Å². The molecule has 1 atom stereocenters. The molecule has 5 nitrogen and oxygen atoms in total. The minimum atomic E-state index is -3.48. The van der Waals surface area contributed by atoms with Gasteiger partial charge in [-0.2, -0.15) is 8.42 Å². The number of benzene rings is 2. The quantitative estimate of drug-likeness (QED) is 0.811. The van der Waals surface area contributed by atoms with Crippen LogP contribution in [-0.4, -0.2) is 33.9 Å². The van der Waals surface area contributed by atoms with Crippen LogP contribution >= 0.6 is 0 Å². The summed E-state index contributed by atoms with van der Waals surface area (Å²) in [5, 5.41) is 0. The van der Waals surface area contributed by atoms with Crippen molar-refractivity contribution in [2.24, 2.45) is 0 Å². The molecule has 0 saturated carbocycles. The van der Waals surface area contributed by atoms with Crippen LogP contribution in [0.4, 0.5) is 11.4 Å². The highest BCUT2D eigenvalue weighted by Gasteiger charge is 2.27. The molecule has 1 heterocycles. The molecule has 3 rings (SSSR count). The van der Waals surface area contributed by atoms with Crippen molar-refractivity contribution in [1.82, 2.24) is 0 Å². The molecule has 0 aliphatic carbocycles. The third kappa shape index (κ3) is 3.40. The highest BCUT2D eigenvalue weighted by Crippen LogP contribution is 2.37. The summed E-state index contributed by atoms with van der Waals surface area (Å²) in [7, 11) is -3.48. The lowest BCUT2D eigenvalue weighted by Crippen LogP contribution is -2.40.